The molecule has 0 saturated carbocycles. The van der Waals surface area contributed by atoms with Crippen molar-refractivity contribution in [2.45, 2.75) is 0 Å². The molecule has 0 saturated heterocycles. The quantitative estimate of drug-likeness (QED) is 0.550. The highest BCUT2D eigenvalue weighted by Crippen LogP contribution is 2.26. The van der Waals surface area contributed by atoms with E-state index in [0.29, 0.717) is 22.6 Å². The van der Waals surface area contributed by atoms with E-state index in [1.807, 2.05) is 0 Å². The molecule has 76 valence electrons. The zero-order valence-corrected chi connectivity index (χ0v) is 7.94. The maximum atomic E-state index is 12.9. The number of nitrogen functional groups attached to an aromatic ring is 2. The lowest BCUT2D eigenvalue weighted by atomic mass is 10.1. The van der Waals surface area contributed by atoms with Crippen LogP contribution in [0, 0.1) is 5.95 Å². The fourth-order valence-corrected chi connectivity index (χ4v) is 1.35. The number of benzene rings is 1. The van der Waals surface area contributed by atoms with Crippen LogP contribution < -0.4 is 11.5 Å². The smallest absolute Gasteiger partial charge is 0.213 e. The van der Waals surface area contributed by atoms with Crippen molar-refractivity contribution in [2.75, 3.05) is 11.5 Å². The summed E-state index contributed by atoms with van der Waals surface area (Å²) in [6, 6.07) is 9.60. The van der Waals surface area contributed by atoms with E-state index in [2.05, 4.69) is 4.98 Å². The Morgan fingerprint density at radius 2 is 1.87 bits per heavy atom. The maximum absolute atomic E-state index is 12.9. The minimum Gasteiger partial charge on any atom is -0.399 e. The molecule has 0 amide bonds. The Bertz CT molecular complexity index is 497. The molecule has 0 unspecified atom stereocenters. The van der Waals surface area contributed by atoms with Crippen LogP contribution in [-0.2, 0) is 0 Å². The maximum Gasteiger partial charge on any atom is 0.213 e. The van der Waals surface area contributed by atoms with Crippen molar-refractivity contribution in [1.82, 2.24) is 4.98 Å². The molecule has 15 heavy (non-hydrogen) atoms. The van der Waals surface area contributed by atoms with Crippen LogP contribution in [0.5, 0.6) is 0 Å². The highest BCUT2D eigenvalue weighted by Gasteiger charge is 2.05. The highest BCUT2D eigenvalue weighted by atomic mass is 19.1. The molecule has 2 rings (SSSR count). The lowest BCUT2D eigenvalue weighted by Crippen LogP contribution is -1.95. The molecule has 3 nitrogen and oxygen atoms in total. The summed E-state index contributed by atoms with van der Waals surface area (Å²) in [5.41, 5.74) is 13.6. The molecular weight excluding hydrogens is 193 g/mol. The van der Waals surface area contributed by atoms with Crippen LogP contribution >= 0.6 is 0 Å². The van der Waals surface area contributed by atoms with Gasteiger partial charge in [0, 0.05) is 16.9 Å². The molecule has 0 radical (unpaired) electrons. The Labute approximate surface area is 86.6 Å². The third kappa shape index (κ3) is 1.88. The van der Waals surface area contributed by atoms with Crippen LogP contribution in [0.25, 0.3) is 11.3 Å². The summed E-state index contributed by atoms with van der Waals surface area (Å²) >= 11 is 0. The molecular formula is C11H10FN3. The second kappa shape index (κ2) is 3.57. The van der Waals surface area contributed by atoms with Crippen LogP contribution in [-0.4, -0.2) is 4.98 Å². The predicted octanol–water partition coefficient (Wildman–Crippen LogP) is 2.05. The summed E-state index contributed by atoms with van der Waals surface area (Å²) < 4.78 is 12.9. The van der Waals surface area contributed by atoms with Gasteiger partial charge < -0.3 is 11.5 Å². The van der Waals surface area contributed by atoms with Crippen molar-refractivity contribution in [3.05, 3.63) is 42.3 Å². The number of anilines is 2. The zero-order valence-electron chi connectivity index (χ0n) is 7.94. The van der Waals surface area contributed by atoms with Gasteiger partial charge in [0.1, 0.15) is 0 Å². The second-order valence-electron chi connectivity index (χ2n) is 3.19. The van der Waals surface area contributed by atoms with E-state index in [9.17, 15) is 4.39 Å². The molecule has 0 spiro atoms. The summed E-state index contributed by atoms with van der Waals surface area (Å²) in [4.78, 5) is 3.74. The first kappa shape index (κ1) is 9.45. The van der Waals surface area contributed by atoms with E-state index in [1.54, 1.807) is 30.3 Å². The first-order valence-electron chi connectivity index (χ1n) is 4.45. The predicted molar refractivity (Wildman–Crippen MR) is 58.5 cm³/mol. The fourth-order valence-electron chi connectivity index (χ4n) is 1.35. The van der Waals surface area contributed by atoms with Crippen LogP contribution in [0.1, 0.15) is 0 Å². The SMILES string of the molecule is Nc1ccc(N)c(-c2cccc(F)n2)c1. The van der Waals surface area contributed by atoms with Crippen molar-refractivity contribution in [1.29, 1.82) is 0 Å². The minimum atomic E-state index is -0.533. The molecule has 1 heterocycles. The Kier molecular flexibility index (Phi) is 2.25. The Morgan fingerprint density at radius 3 is 2.60 bits per heavy atom. The van der Waals surface area contributed by atoms with Crippen molar-refractivity contribution >= 4 is 11.4 Å². The number of pyridine rings is 1. The van der Waals surface area contributed by atoms with Gasteiger partial charge in [-0.2, -0.15) is 4.39 Å². The molecule has 0 aliphatic heterocycles. The number of rotatable bonds is 1. The fraction of sp³-hybridized carbons (Fsp3) is 0. The van der Waals surface area contributed by atoms with Gasteiger partial charge in [-0.25, -0.2) is 4.98 Å². The van der Waals surface area contributed by atoms with Gasteiger partial charge in [-0.1, -0.05) is 6.07 Å². The molecule has 0 aliphatic carbocycles. The largest absolute Gasteiger partial charge is 0.399 e. The molecule has 1 aromatic heterocycles. The summed E-state index contributed by atoms with van der Waals surface area (Å²) in [6.07, 6.45) is 0. The van der Waals surface area contributed by atoms with Crippen LogP contribution in [0.4, 0.5) is 15.8 Å². The number of hydrogen-bond donors (Lipinski definition) is 2. The van der Waals surface area contributed by atoms with Gasteiger partial charge in [-0.3, -0.25) is 0 Å². The second-order valence-corrected chi connectivity index (χ2v) is 3.19. The lowest BCUT2D eigenvalue weighted by Gasteiger charge is -2.05. The lowest BCUT2D eigenvalue weighted by molar-refractivity contribution is 0.585. The molecule has 4 N–H and O–H groups in total. The normalized spacial score (nSPS) is 10.2. The zero-order chi connectivity index (χ0) is 10.8. The minimum absolute atomic E-state index is 0.486. The number of halogens is 1. The average molecular weight is 203 g/mol. The molecule has 0 atom stereocenters. The first-order valence-corrected chi connectivity index (χ1v) is 4.45. The summed E-state index contributed by atoms with van der Waals surface area (Å²) in [5.74, 6) is -0.533. The van der Waals surface area contributed by atoms with E-state index < -0.39 is 5.95 Å². The van der Waals surface area contributed by atoms with Gasteiger partial charge in [-0.15, -0.1) is 0 Å². The third-order valence-electron chi connectivity index (χ3n) is 2.07. The van der Waals surface area contributed by atoms with Crippen LogP contribution in [0.2, 0.25) is 0 Å². The van der Waals surface area contributed by atoms with E-state index in [-0.39, 0.29) is 0 Å². The van der Waals surface area contributed by atoms with E-state index in [4.69, 9.17) is 11.5 Å². The Morgan fingerprint density at radius 1 is 1.07 bits per heavy atom. The van der Waals surface area contributed by atoms with E-state index in [1.165, 1.54) is 6.07 Å². The molecule has 0 bridgehead atoms. The number of nitrogens with two attached hydrogens (primary N) is 2. The number of nitrogens with zero attached hydrogens (tertiary/aromatic N) is 1. The summed E-state index contributed by atoms with van der Waals surface area (Å²) in [5, 5.41) is 0. The molecule has 0 aliphatic rings. The monoisotopic (exact) mass is 203 g/mol. The van der Waals surface area contributed by atoms with Gasteiger partial charge in [0.25, 0.3) is 0 Å². The Hall–Kier alpha value is -2.10. The molecule has 2 aromatic rings. The van der Waals surface area contributed by atoms with Gasteiger partial charge >= 0.3 is 0 Å². The van der Waals surface area contributed by atoms with Gasteiger partial charge in [0.2, 0.25) is 5.95 Å². The van der Waals surface area contributed by atoms with Crippen molar-refractivity contribution in [2.24, 2.45) is 0 Å². The van der Waals surface area contributed by atoms with Crippen molar-refractivity contribution < 1.29 is 4.39 Å². The van der Waals surface area contributed by atoms with Gasteiger partial charge in [0.05, 0.1) is 5.69 Å². The standard InChI is InChI=1S/C11H10FN3/c12-11-3-1-2-10(15-11)8-6-7(13)4-5-9(8)14/h1-6H,13-14H2. The first-order chi connectivity index (χ1) is 7.16. The van der Waals surface area contributed by atoms with Crippen molar-refractivity contribution in [3.8, 4) is 11.3 Å². The van der Waals surface area contributed by atoms with Crippen molar-refractivity contribution in [3.63, 3.8) is 0 Å². The summed E-state index contributed by atoms with van der Waals surface area (Å²) in [6.45, 7) is 0. The molecule has 4 heteroatoms. The number of hydrogen-bond acceptors (Lipinski definition) is 3. The van der Waals surface area contributed by atoms with Gasteiger partial charge in [-0.05, 0) is 30.3 Å². The topological polar surface area (TPSA) is 64.9 Å². The van der Waals surface area contributed by atoms with Crippen LogP contribution in [0.3, 0.4) is 0 Å². The van der Waals surface area contributed by atoms with E-state index in [0.717, 1.165) is 0 Å². The molecule has 0 fully saturated rings. The van der Waals surface area contributed by atoms with Gasteiger partial charge in [0.15, 0.2) is 0 Å². The Balaban J connectivity index is 2.58. The number of aromatic nitrogens is 1. The third-order valence-corrected chi connectivity index (χ3v) is 2.07. The van der Waals surface area contributed by atoms with Crippen LogP contribution in [0.15, 0.2) is 36.4 Å². The molecule has 1 aromatic carbocycles. The summed E-state index contributed by atoms with van der Waals surface area (Å²) in [7, 11) is 0. The average Bonchev–Trinajstić information content (AvgIpc) is 2.22. The highest BCUT2D eigenvalue weighted by molar-refractivity contribution is 5.76. The van der Waals surface area contributed by atoms with E-state index >= 15 is 0 Å².